The van der Waals surface area contributed by atoms with Crippen LogP contribution >= 0.6 is 0 Å². The van der Waals surface area contributed by atoms with Gasteiger partial charge >= 0.3 is 0 Å². The van der Waals surface area contributed by atoms with Gasteiger partial charge < -0.3 is 16.0 Å². The Balaban J connectivity index is 2.25. The Morgan fingerprint density at radius 1 is 1.11 bits per heavy atom. The van der Waals surface area contributed by atoms with E-state index < -0.39 is 0 Å². The van der Waals surface area contributed by atoms with Gasteiger partial charge in [-0.2, -0.15) is 0 Å². The van der Waals surface area contributed by atoms with Gasteiger partial charge in [-0.15, -0.1) is 0 Å². The van der Waals surface area contributed by atoms with Gasteiger partial charge in [0.05, 0.1) is 5.56 Å². The van der Waals surface area contributed by atoms with Crippen LogP contribution in [-0.2, 0) is 0 Å². The molecule has 0 aliphatic carbocycles. The van der Waals surface area contributed by atoms with Crippen molar-refractivity contribution in [2.75, 3.05) is 30.0 Å². The maximum atomic E-state index is 12.3. The number of para-hydroxylation sites is 1. The lowest BCUT2D eigenvalue weighted by Crippen LogP contribution is -2.18. The summed E-state index contributed by atoms with van der Waals surface area (Å²) in [5.41, 5.74) is 8.52. The van der Waals surface area contributed by atoms with Crippen molar-refractivity contribution in [1.29, 1.82) is 0 Å². The Labute approximate surface area is 112 Å². The fourth-order valence-corrected chi connectivity index (χ4v) is 1.87. The van der Waals surface area contributed by atoms with E-state index in [1.807, 2.05) is 49.3 Å². The minimum absolute atomic E-state index is 0.144. The molecule has 2 aromatic carbocycles. The van der Waals surface area contributed by atoms with Crippen molar-refractivity contribution in [3.8, 4) is 0 Å². The van der Waals surface area contributed by atoms with Crippen LogP contribution < -0.4 is 16.0 Å². The maximum Gasteiger partial charge on any atom is 0.257 e. The van der Waals surface area contributed by atoms with E-state index in [2.05, 4.69) is 5.32 Å². The number of hydrogen-bond donors (Lipinski definition) is 2. The first-order valence-electron chi connectivity index (χ1n) is 6.01. The van der Waals surface area contributed by atoms with Crippen LogP contribution in [0.5, 0.6) is 0 Å². The van der Waals surface area contributed by atoms with Crippen LogP contribution in [-0.4, -0.2) is 20.0 Å². The number of nitrogen functional groups attached to an aromatic ring is 1. The molecule has 4 nitrogen and oxygen atoms in total. The zero-order chi connectivity index (χ0) is 13.8. The third-order valence-corrected chi connectivity index (χ3v) is 2.77. The first kappa shape index (κ1) is 13.0. The Bertz CT molecular complexity index is 593. The van der Waals surface area contributed by atoms with E-state index in [0.717, 1.165) is 5.69 Å². The summed E-state index contributed by atoms with van der Waals surface area (Å²) in [6.45, 7) is 0. The summed E-state index contributed by atoms with van der Waals surface area (Å²) < 4.78 is 0. The van der Waals surface area contributed by atoms with Gasteiger partial charge in [-0.25, -0.2) is 0 Å². The van der Waals surface area contributed by atoms with Crippen LogP contribution in [0.1, 0.15) is 10.4 Å². The quantitative estimate of drug-likeness (QED) is 0.829. The highest BCUT2D eigenvalue weighted by molar-refractivity contribution is 6.08. The number of rotatable bonds is 3. The Kier molecular flexibility index (Phi) is 3.71. The van der Waals surface area contributed by atoms with E-state index in [0.29, 0.717) is 16.9 Å². The molecule has 98 valence electrons. The molecule has 0 bridgehead atoms. The third-order valence-electron chi connectivity index (χ3n) is 2.77. The van der Waals surface area contributed by atoms with E-state index >= 15 is 0 Å². The molecule has 0 saturated carbocycles. The minimum Gasteiger partial charge on any atom is -0.399 e. The second-order valence-electron chi connectivity index (χ2n) is 4.49. The zero-order valence-corrected chi connectivity index (χ0v) is 11.1. The molecule has 0 radical (unpaired) electrons. The fraction of sp³-hybridized carbons (Fsp3) is 0.133. The molecule has 4 heteroatoms. The molecule has 3 N–H and O–H groups in total. The molecule has 0 aliphatic heterocycles. The first-order chi connectivity index (χ1) is 9.08. The molecular formula is C15H17N3O. The van der Waals surface area contributed by atoms with Gasteiger partial charge in [0, 0.05) is 31.2 Å². The molecule has 0 fully saturated rings. The zero-order valence-electron chi connectivity index (χ0n) is 11.1. The van der Waals surface area contributed by atoms with Crippen LogP contribution in [0, 0.1) is 0 Å². The topological polar surface area (TPSA) is 58.4 Å². The highest BCUT2D eigenvalue weighted by Gasteiger charge is 2.12. The summed E-state index contributed by atoms with van der Waals surface area (Å²) in [4.78, 5) is 14.2. The van der Waals surface area contributed by atoms with Gasteiger partial charge in [0.1, 0.15) is 0 Å². The number of amides is 1. The number of carbonyl (C=O) groups excluding carboxylic acids is 1. The minimum atomic E-state index is -0.144. The van der Waals surface area contributed by atoms with Gasteiger partial charge in [0.2, 0.25) is 0 Å². The van der Waals surface area contributed by atoms with Crippen molar-refractivity contribution in [3.63, 3.8) is 0 Å². The Morgan fingerprint density at radius 2 is 1.84 bits per heavy atom. The molecule has 0 aromatic heterocycles. The first-order valence-corrected chi connectivity index (χ1v) is 6.01. The Morgan fingerprint density at radius 3 is 2.53 bits per heavy atom. The summed E-state index contributed by atoms with van der Waals surface area (Å²) in [6.07, 6.45) is 0. The molecule has 0 aliphatic rings. The van der Waals surface area contributed by atoms with E-state index in [4.69, 9.17) is 5.73 Å². The number of nitrogens with zero attached hydrogens (tertiary/aromatic N) is 1. The van der Waals surface area contributed by atoms with Gasteiger partial charge in [-0.05, 0) is 30.3 Å². The summed E-state index contributed by atoms with van der Waals surface area (Å²) in [5, 5.41) is 2.85. The van der Waals surface area contributed by atoms with E-state index in [-0.39, 0.29) is 5.91 Å². The summed E-state index contributed by atoms with van der Waals surface area (Å²) in [6, 6.07) is 14.6. The molecule has 0 heterocycles. The highest BCUT2D eigenvalue weighted by atomic mass is 16.1. The van der Waals surface area contributed by atoms with Crippen molar-refractivity contribution in [1.82, 2.24) is 0 Å². The SMILES string of the molecule is CN(C)c1ccccc1C(=O)Nc1cccc(N)c1. The molecule has 0 atom stereocenters. The summed E-state index contributed by atoms with van der Waals surface area (Å²) in [7, 11) is 3.82. The van der Waals surface area contributed by atoms with Gasteiger partial charge in [-0.3, -0.25) is 4.79 Å². The Hall–Kier alpha value is -2.49. The van der Waals surface area contributed by atoms with Crippen LogP contribution in [0.4, 0.5) is 17.1 Å². The van der Waals surface area contributed by atoms with Crippen molar-refractivity contribution in [2.45, 2.75) is 0 Å². The van der Waals surface area contributed by atoms with Gasteiger partial charge in [0.25, 0.3) is 5.91 Å². The molecule has 0 spiro atoms. The van der Waals surface area contributed by atoms with Crippen LogP contribution in [0.25, 0.3) is 0 Å². The standard InChI is InChI=1S/C15H17N3O/c1-18(2)14-9-4-3-8-13(14)15(19)17-12-7-5-6-11(16)10-12/h3-10H,16H2,1-2H3,(H,17,19). The smallest absolute Gasteiger partial charge is 0.257 e. The number of carbonyl (C=O) groups is 1. The van der Waals surface area contributed by atoms with Gasteiger partial charge in [-0.1, -0.05) is 18.2 Å². The molecule has 2 rings (SSSR count). The normalized spacial score (nSPS) is 10.0. The summed E-state index contributed by atoms with van der Waals surface area (Å²) in [5.74, 6) is -0.144. The monoisotopic (exact) mass is 255 g/mol. The van der Waals surface area contributed by atoms with Crippen LogP contribution in [0.3, 0.4) is 0 Å². The number of nitrogens with two attached hydrogens (primary N) is 1. The average molecular weight is 255 g/mol. The predicted octanol–water partition coefficient (Wildman–Crippen LogP) is 2.59. The molecule has 0 saturated heterocycles. The number of benzene rings is 2. The number of anilines is 3. The average Bonchev–Trinajstić information content (AvgIpc) is 2.38. The fourth-order valence-electron chi connectivity index (χ4n) is 1.87. The van der Waals surface area contributed by atoms with Crippen LogP contribution in [0.15, 0.2) is 48.5 Å². The van der Waals surface area contributed by atoms with Crippen LogP contribution in [0.2, 0.25) is 0 Å². The molecule has 1 amide bonds. The number of nitrogens with one attached hydrogen (secondary N) is 1. The molecule has 19 heavy (non-hydrogen) atoms. The lowest BCUT2D eigenvalue weighted by Gasteiger charge is -2.17. The van der Waals surface area contributed by atoms with Crippen molar-refractivity contribution in [3.05, 3.63) is 54.1 Å². The second-order valence-corrected chi connectivity index (χ2v) is 4.49. The van der Waals surface area contributed by atoms with Crippen molar-refractivity contribution >= 4 is 23.0 Å². The molecule has 2 aromatic rings. The summed E-state index contributed by atoms with van der Waals surface area (Å²) >= 11 is 0. The predicted molar refractivity (Wildman–Crippen MR) is 79.6 cm³/mol. The highest BCUT2D eigenvalue weighted by Crippen LogP contribution is 2.20. The third kappa shape index (κ3) is 3.04. The lowest BCUT2D eigenvalue weighted by atomic mass is 10.1. The van der Waals surface area contributed by atoms with E-state index in [9.17, 15) is 4.79 Å². The van der Waals surface area contributed by atoms with E-state index in [1.54, 1.807) is 18.2 Å². The largest absolute Gasteiger partial charge is 0.399 e. The molecule has 0 unspecified atom stereocenters. The lowest BCUT2D eigenvalue weighted by molar-refractivity contribution is 0.102. The van der Waals surface area contributed by atoms with Crippen molar-refractivity contribution < 1.29 is 4.79 Å². The van der Waals surface area contributed by atoms with Crippen molar-refractivity contribution in [2.24, 2.45) is 0 Å². The van der Waals surface area contributed by atoms with Gasteiger partial charge in [0.15, 0.2) is 0 Å². The second kappa shape index (κ2) is 5.44. The maximum absolute atomic E-state index is 12.3. The molecular weight excluding hydrogens is 238 g/mol. The van der Waals surface area contributed by atoms with E-state index in [1.165, 1.54) is 0 Å². The number of hydrogen-bond acceptors (Lipinski definition) is 3.